The molecule has 0 aliphatic carbocycles. The number of piperazine rings is 1. The van der Waals surface area contributed by atoms with E-state index >= 15 is 0 Å². The Kier molecular flexibility index (Phi) is 7.20. The molecule has 2 aromatic rings. The van der Waals surface area contributed by atoms with Gasteiger partial charge in [0.15, 0.2) is 0 Å². The predicted octanol–water partition coefficient (Wildman–Crippen LogP) is 4.23. The summed E-state index contributed by atoms with van der Waals surface area (Å²) in [5.74, 6) is -1.68. The van der Waals surface area contributed by atoms with Crippen molar-refractivity contribution in [3.63, 3.8) is 0 Å². The Morgan fingerprint density at radius 2 is 1.88 bits per heavy atom. The lowest BCUT2D eigenvalue weighted by Gasteiger charge is -2.44. The van der Waals surface area contributed by atoms with E-state index in [-0.39, 0.29) is 42.7 Å². The Labute approximate surface area is 184 Å². The predicted molar refractivity (Wildman–Crippen MR) is 115 cm³/mol. The lowest BCUT2D eigenvalue weighted by atomic mass is 10.00. The van der Waals surface area contributed by atoms with E-state index in [1.165, 1.54) is 18.2 Å². The Hall–Kier alpha value is -3.74. The molecule has 2 aromatic carbocycles. The fourth-order valence-electron chi connectivity index (χ4n) is 3.52. The number of carbonyl (C=O) groups excluding carboxylic acids is 1. The summed E-state index contributed by atoms with van der Waals surface area (Å²) < 4.78 is 41.1. The summed E-state index contributed by atoms with van der Waals surface area (Å²) in [5.41, 5.74) is 0.196. The molecule has 1 fully saturated rings. The number of guanidine groups is 1. The van der Waals surface area contributed by atoms with E-state index in [0.717, 1.165) is 18.2 Å². The highest BCUT2D eigenvalue weighted by molar-refractivity contribution is 5.95. The smallest absolute Gasteiger partial charge is 0.321 e. The second-order valence-corrected chi connectivity index (χ2v) is 7.68. The molecule has 1 saturated heterocycles. The van der Waals surface area contributed by atoms with Gasteiger partial charge in [0.1, 0.15) is 17.5 Å². The molecule has 32 heavy (non-hydrogen) atoms. The van der Waals surface area contributed by atoms with E-state index in [0.29, 0.717) is 12.2 Å². The lowest BCUT2D eigenvalue weighted by Crippen LogP contribution is -2.60. The van der Waals surface area contributed by atoms with Crippen molar-refractivity contribution >= 4 is 23.4 Å². The number of nitrogens with one attached hydrogen (secondary N) is 2. The molecule has 0 aromatic heterocycles. The third-order valence-electron chi connectivity index (χ3n) is 5.15. The quantitative estimate of drug-likeness (QED) is 0.422. The molecule has 3 rings (SSSR count). The van der Waals surface area contributed by atoms with Crippen molar-refractivity contribution in [2.45, 2.75) is 19.9 Å². The largest absolute Gasteiger partial charge is 0.335 e. The minimum atomic E-state index is -0.689. The molecule has 10 heteroatoms. The summed E-state index contributed by atoms with van der Waals surface area (Å²) in [4.78, 5) is 19.8. The third-order valence-corrected chi connectivity index (χ3v) is 5.15. The van der Waals surface area contributed by atoms with Gasteiger partial charge in [0, 0.05) is 31.4 Å². The fraction of sp³-hybridized carbons (Fsp3) is 0.318. The molecule has 2 amide bonds. The van der Waals surface area contributed by atoms with E-state index in [2.05, 4.69) is 15.6 Å². The summed E-state index contributed by atoms with van der Waals surface area (Å²) >= 11 is 0. The first-order chi connectivity index (χ1) is 15.3. The maximum Gasteiger partial charge on any atom is 0.321 e. The Balaban J connectivity index is 1.77. The number of rotatable bonds is 3. The van der Waals surface area contributed by atoms with Crippen LogP contribution in [-0.2, 0) is 0 Å². The number of nitriles is 1. The van der Waals surface area contributed by atoms with Gasteiger partial charge < -0.3 is 20.4 Å². The zero-order valence-corrected chi connectivity index (χ0v) is 17.6. The Bertz CT molecular complexity index is 1050. The van der Waals surface area contributed by atoms with Gasteiger partial charge >= 0.3 is 6.03 Å². The molecule has 1 heterocycles. The molecule has 0 saturated carbocycles. The van der Waals surface area contributed by atoms with Gasteiger partial charge in [-0.1, -0.05) is 19.9 Å². The van der Waals surface area contributed by atoms with Gasteiger partial charge in [0.05, 0.1) is 11.7 Å². The van der Waals surface area contributed by atoms with Crippen molar-refractivity contribution in [3.8, 4) is 6.19 Å². The molecular formula is C22H23F3N6O. The maximum absolute atomic E-state index is 14.1. The minimum absolute atomic E-state index is 0.0304. The molecule has 2 N–H and O–H groups in total. The normalized spacial score (nSPS) is 16.7. The van der Waals surface area contributed by atoms with Crippen molar-refractivity contribution in [2.24, 2.45) is 10.9 Å². The van der Waals surface area contributed by atoms with Crippen LogP contribution in [0.1, 0.15) is 13.8 Å². The summed E-state index contributed by atoms with van der Waals surface area (Å²) in [6, 6.07) is 7.91. The zero-order chi connectivity index (χ0) is 23.3. The second kappa shape index (κ2) is 10.0. The van der Waals surface area contributed by atoms with Crippen molar-refractivity contribution in [2.75, 3.05) is 30.3 Å². The topological polar surface area (TPSA) is 83.8 Å². The first kappa shape index (κ1) is 22.9. The van der Waals surface area contributed by atoms with Gasteiger partial charge in [-0.05, 0) is 36.2 Å². The molecule has 1 aliphatic heterocycles. The van der Waals surface area contributed by atoms with Gasteiger partial charge in [0.25, 0.3) is 0 Å². The molecular weight excluding hydrogens is 421 g/mol. The summed E-state index contributed by atoms with van der Waals surface area (Å²) in [6.07, 6.45) is 1.69. The molecule has 7 nitrogen and oxygen atoms in total. The van der Waals surface area contributed by atoms with Crippen LogP contribution in [0.2, 0.25) is 0 Å². The van der Waals surface area contributed by atoms with E-state index in [1.54, 1.807) is 22.1 Å². The molecule has 1 aliphatic rings. The van der Waals surface area contributed by atoms with Crippen LogP contribution in [0, 0.1) is 34.8 Å². The number of hydrogen-bond donors (Lipinski definition) is 2. The van der Waals surface area contributed by atoms with Crippen molar-refractivity contribution in [3.05, 3.63) is 59.9 Å². The van der Waals surface area contributed by atoms with Gasteiger partial charge in [-0.3, -0.25) is 0 Å². The second-order valence-electron chi connectivity index (χ2n) is 7.68. The zero-order valence-electron chi connectivity index (χ0n) is 17.6. The van der Waals surface area contributed by atoms with Gasteiger partial charge in [-0.15, -0.1) is 4.99 Å². The monoisotopic (exact) mass is 444 g/mol. The molecule has 0 spiro atoms. The van der Waals surface area contributed by atoms with Crippen LogP contribution >= 0.6 is 0 Å². The lowest BCUT2D eigenvalue weighted by molar-refractivity contribution is 0.120. The van der Waals surface area contributed by atoms with Crippen molar-refractivity contribution < 1.29 is 18.0 Å². The number of hydrogen-bond acceptors (Lipinski definition) is 3. The number of aliphatic imine (C=N–C) groups is 1. The number of nitrogens with zero attached hydrogens (tertiary/aromatic N) is 4. The Morgan fingerprint density at radius 3 is 2.56 bits per heavy atom. The van der Waals surface area contributed by atoms with Crippen molar-refractivity contribution in [1.82, 2.24) is 9.80 Å². The Morgan fingerprint density at radius 1 is 1.12 bits per heavy atom. The minimum Gasteiger partial charge on any atom is -0.335 e. The van der Waals surface area contributed by atoms with E-state index < -0.39 is 17.5 Å². The number of benzene rings is 2. The van der Waals surface area contributed by atoms with Gasteiger partial charge in [-0.2, -0.15) is 5.26 Å². The number of amides is 2. The van der Waals surface area contributed by atoms with Crippen LogP contribution in [0.5, 0.6) is 0 Å². The van der Waals surface area contributed by atoms with E-state index in [4.69, 9.17) is 5.26 Å². The first-order valence-corrected chi connectivity index (χ1v) is 10.1. The average molecular weight is 444 g/mol. The molecule has 0 bridgehead atoms. The van der Waals surface area contributed by atoms with Gasteiger partial charge in [0.2, 0.25) is 12.2 Å². The molecule has 168 valence electrons. The number of urea groups is 1. The average Bonchev–Trinajstić information content (AvgIpc) is 2.75. The van der Waals surface area contributed by atoms with Crippen molar-refractivity contribution in [1.29, 1.82) is 5.26 Å². The van der Waals surface area contributed by atoms with E-state index in [1.807, 2.05) is 13.8 Å². The SMILES string of the molecule is CC(C)C1CN(C(=O)Nc2cccc(F)c2)CCN1/C(=N/C#N)Nc1cc(F)ccc1F. The van der Waals surface area contributed by atoms with E-state index in [9.17, 15) is 18.0 Å². The number of halogens is 3. The van der Waals surface area contributed by atoms with Crippen LogP contribution in [0.15, 0.2) is 47.5 Å². The van der Waals surface area contributed by atoms with Gasteiger partial charge in [-0.25, -0.2) is 18.0 Å². The fourth-order valence-corrected chi connectivity index (χ4v) is 3.52. The van der Waals surface area contributed by atoms with Crippen LogP contribution in [0.25, 0.3) is 0 Å². The summed E-state index contributed by atoms with van der Waals surface area (Å²) in [5, 5.41) is 14.5. The standard InChI is InChI=1S/C22H23F3N6O/c1-14(2)20-12-30(22(32)28-17-5-3-4-15(23)10-17)8-9-31(20)21(27-13-26)29-19-11-16(24)6-7-18(19)25/h3-7,10-11,14,20H,8-9,12H2,1-2H3,(H,27,29)(H,28,32). The molecule has 1 atom stereocenters. The highest BCUT2D eigenvalue weighted by atomic mass is 19.1. The third kappa shape index (κ3) is 5.49. The highest BCUT2D eigenvalue weighted by Gasteiger charge is 2.34. The number of anilines is 2. The van der Waals surface area contributed by atoms with Crippen LogP contribution < -0.4 is 10.6 Å². The highest BCUT2D eigenvalue weighted by Crippen LogP contribution is 2.22. The number of carbonyl (C=O) groups is 1. The van der Waals surface area contributed by atoms with Crippen LogP contribution in [0.4, 0.5) is 29.3 Å². The molecule has 1 unspecified atom stereocenters. The van der Waals surface area contributed by atoms with Crippen LogP contribution in [0.3, 0.4) is 0 Å². The molecule has 0 radical (unpaired) electrons. The summed E-state index contributed by atoms with van der Waals surface area (Å²) in [6.45, 7) is 4.75. The van der Waals surface area contributed by atoms with Crippen LogP contribution in [-0.4, -0.2) is 47.5 Å². The summed E-state index contributed by atoms with van der Waals surface area (Å²) in [7, 11) is 0. The maximum atomic E-state index is 14.1. The first-order valence-electron chi connectivity index (χ1n) is 10.1.